The summed E-state index contributed by atoms with van der Waals surface area (Å²) in [5.41, 5.74) is 0.418. The molecule has 154 valence electrons. The van der Waals surface area contributed by atoms with Crippen LogP contribution in [0.2, 0.25) is 0 Å². The molecule has 1 saturated heterocycles. The van der Waals surface area contributed by atoms with Crippen LogP contribution in [0.1, 0.15) is 33.6 Å². The molecule has 0 aromatic rings. The number of likely N-dealkylation sites (tertiary alicyclic amines) is 1. The van der Waals surface area contributed by atoms with E-state index >= 15 is 0 Å². The van der Waals surface area contributed by atoms with Crippen LogP contribution in [-0.2, 0) is 19.4 Å². The van der Waals surface area contributed by atoms with Gasteiger partial charge in [-0.2, -0.15) is 0 Å². The van der Waals surface area contributed by atoms with Crippen molar-refractivity contribution in [3.05, 3.63) is 34.6 Å². The predicted molar refractivity (Wildman–Crippen MR) is 109 cm³/mol. The third-order valence-electron chi connectivity index (χ3n) is 4.92. The van der Waals surface area contributed by atoms with Gasteiger partial charge in [0, 0.05) is 25.3 Å². The molecule has 0 aromatic carbocycles. The van der Waals surface area contributed by atoms with Crippen molar-refractivity contribution in [3.63, 3.8) is 0 Å². The Bertz CT molecular complexity index is 710. The zero-order valence-electron chi connectivity index (χ0n) is 17.1. The molecule has 7 nitrogen and oxygen atoms in total. The maximum absolute atomic E-state index is 12.8. The van der Waals surface area contributed by atoms with E-state index in [-0.39, 0.29) is 27.8 Å². The van der Waals surface area contributed by atoms with Crippen molar-refractivity contribution in [2.45, 2.75) is 39.7 Å². The number of carbonyl (C=O) groups excluding carboxylic acids is 1. The molecule has 1 amide bonds. The van der Waals surface area contributed by atoms with Gasteiger partial charge >= 0.3 is 0 Å². The van der Waals surface area contributed by atoms with Gasteiger partial charge in [0.1, 0.15) is 5.76 Å². The van der Waals surface area contributed by atoms with Gasteiger partial charge in [0.05, 0.1) is 23.3 Å². The highest BCUT2D eigenvalue weighted by molar-refractivity contribution is 7.95. The molecule has 1 fully saturated rings. The lowest BCUT2D eigenvalue weighted by Gasteiger charge is -2.23. The van der Waals surface area contributed by atoms with Crippen molar-refractivity contribution in [1.82, 2.24) is 15.5 Å². The number of nitrogens with one attached hydrogen (secondary N) is 2. The molecule has 1 heterocycles. The molecule has 1 unspecified atom stereocenters. The molecule has 0 aliphatic carbocycles. The van der Waals surface area contributed by atoms with E-state index in [0.717, 1.165) is 25.9 Å². The Balaban J connectivity index is 3.14. The first-order chi connectivity index (χ1) is 12.7. The Kier molecular flexibility index (Phi) is 9.05. The van der Waals surface area contributed by atoms with Gasteiger partial charge in [-0.25, -0.2) is 8.42 Å². The summed E-state index contributed by atoms with van der Waals surface area (Å²) in [6.45, 7) is 11.6. The minimum absolute atomic E-state index is 0.00917. The second-order valence-electron chi connectivity index (χ2n) is 6.45. The van der Waals surface area contributed by atoms with Gasteiger partial charge in [-0.05, 0) is 38.9 Å². The number of ether oxygens (including phenoxy) is 1. The number of rotatable bonds is 10. The predicted octanol–water partition coefficient (Wildman–Crippen LogP) is 1.56. The van der Waals surface area contributed by atoms with Crippen LogP contribution in [0.5, 0.6) is 0 Å². The van der Waals surface area contributed by atoms with Crippen molar-refractivity contribution < 1.29 is 17.9 Å². The van der Waals surface area contributed by atoms with Crippen LogP contribution in [-0.4, -0.2) is 64.8 Å². The molecule has 1 atom stereocenters. The van der Waals surface area contributed by atoms with E-state index in [0.29, 0.717) is 18.3 Å². The molecule has 0 spiro atoms. The van der Waals surface area contributed by atoms with Crippen molar-refractivity contribution >= 4 is 15.7 Å². The minimum Gasteiger partial charge on any atom is -0.501 e. The van der Waals surface area contributed by atoms with E-state index in [4.69, 9.17) is 4.74 Å². The molecule has 27 heavy (non-hydrogen) atoms. The third-order valence-corrected chi connectivity index (χ3v) is 6.72. The lowest BCUT2D eigenvalue weighted by Crippen LogP contribution is -2.40. The molecular weight excluding hydrogens is 366 g/mol. The topological polar surface area (TPSA) is 87.7 Å². The summed E-state index contributed by atoms with van der Waals surface area (Å²) in [6, 6.07) is 0.304. The number of methoxy groups -OCH3 is 1. The molecule has 1 aliphatic heterocycles. The number of hydrogen-bond acceptors (Lipinski definition) is 6. The standard InChI is InChI=1S/C19H33N3O4S/c1-7-22-11-9-10-16(22)13-21-19(23)17(15(4)26-6)12-18(14(3)20-5)27(24,25)8-2/h12,16,20H,3,7-11,13H2,1-2,4-6H3,(H,21,23)/b17-15-,18-12+. The van der Waals surface area contributed by atoms with Gasteiger partial charge in [-0.15, -0.1) is 0 Å². The Morgan fingerprint density at radius 2 is 2.04 bits per heavy atom. The molecule has 0 aromatic heterocycles. The maximum atomic E-state index is 12.8. The smallest absolute Gasteiger partial charge is 0.254 e. The number of amides is 1. The van der Waals surface area contributed by atoms with E-state index in [9.17, 15) is 13.2 Å². The normalized spacial score (nSPS) is 19.4. The molecule has 1 aliphatic rings. The third kappa shape index (κ3) is 6.10. The van der Waals surface area contributed by atoms with Crippen LogP contribution >= 0.6 is 0 Å². The molecule has 0 radical (unpaired) electrons. The first kappa shape index (κ1) is 23.2. The van der Waals surface area contributed by atoms with Crippen molar-refractivity contribution in [2.24, 2.45) is 0 Å². The number of allylic oxidation sites excluding steroid dienone is 1. The summed E-state index contributed by atoms with van der Waals surface area (Å²) in [5.74, 6) is -0.0995. The fraction of sp³-hybridized carbons (Fsp3) is 0.632. The zero-order chi connectivity index (χ0) is 20.6. The van der Waals surface area contributed by atoms with Crippen LogP contribution in [0.4, 0.5) is 0 Å². The van der Waals surface area contributed by atoms with E-state index in [1.54, 1.807) is 20.9 Å². The van der Waals surface area contributed by atoms with Gasteiger partial charge in [-0.3, -0.25) is 9.69 Å². The fourth-order valence-corrected chi connectivity index (χ4v) is 4.15. The largest absolute Gasteiger partial charge is 0.501 e. The zero-order valence-corrected chi connectivity index (χ0v) is 17.9. The minimum atomic E-state index is -3.56. The number of sulfone groups is 1. The monoisotopic (exact) mass is 399 g/mol. The molecule has 0 bridgehead atoms. The summed E-state index contributed by atoms with van der Waals surface area (Å²) < 4.78 is 30.1. The molecule has 8 heteroatoms. The molecule has 1 rings (SSSR count). The van der Waals surface area contributed by atoms with Crippen LogP contribution in [0.25, 0.3) is 0 Å². The van der Waals surface area contributed by atoms with Crippen LogP contribution in [0, 0.1) is 0 Å². The van der Waals surface area contributed by atoms with Crippen LogP contribution in [0.15, 0.2) is 34.6 Å². The quantitative estimate of drug-likeness (QED) is 0.329. The highest BCUT2D eigenvalue weighted by Crippen LogP contribution is 2.20. The number of carbonyl (C=O) groups is 1. The average molecular weight is 400 g/mol. The van der Waals surface area contributed by atoms with E-state index in [1.807, 2.05) is 0 Å². The summed E-state index contributed by atoms with van der Waals surface area (Å²) >= 11 is 0. The maximum Gasteiger partial charge on any atom is 0.254 e. The summed E-state index contributed by atoms with van der Waals surface area (Å²) in [5, 5.41) is 5.68. The highest BCUT2D eigenvalue weighted by Gasteiger charge is 2.25. The second-order valence-corrected chi connectivity index (χ2v) is 8.70. The second kappa shape index (κ2) is 10.5. The van der Waals surface area contributed by atoms with Gasteiger partial charge in [0.25, 0.3) is 5.91 Å². The Hall–Kier alpha value is -1.80. The molecule has 2 N–H and O–H groups in total. The van der Waals surface area contributed by atoms with E-state index < -0.39 is 9.84 Å². The number of nitrogens with zero attached hydrogens (tertiary/aromatic N) is 1. The van der Waals surface area contributed by atoms with Gasteiger partial charge < -0.3 is 15.4 Å². The number of hydrogen-bond donors (Lipinski definition) is 2. The van der Waals surface area contributed by atoms with E-state index in [1.165, 1.54) is 13.2 Å². The number of likely N-dealkylation sites (N-methyl/N-ethyl adjacent to an activating group) is 2. The van der Waals surface area contributed by atoms with Gasteiger partial charge in [0.2, 0.25) is 0 Å². The first-order valence-corrected chi connectivity index (χ1v) is 11.0. The Morgan fingerprint density at radius 1 is 1.37 bits per heavy atom. The van der Waals surface area contributed by atoms with Gasteiger partial charge in [0.15, 0.2) is 9.84 Å². The fourth-order valence-electron chi connectivity index (χ4n) is 3.06. The van der Waals surface area contributed by atoms with Crippen molar-refractivity contribution in [1.29, 1.82) is 0 Å². The molecular formula is C19H33N3O4S. The lowest BCUT2D eigenvalue weighted by atomic mass is 10.1. The first-order valence-electron chi connectivity index (χ1n) is 9.30. The summed E-state index contributed by atoms with van der Waals surface area (Å²) in [7, 11) is -0.522. The van der Waals surface area contributed by atoms with Crippen LogP contribution < -0.4 is 10.6 Å². The average Bonchev–Trinajstić information content (AvgIpc) is 3.13. The highest BCUT2D eigenvalue weighted by atomic mass is 32.2. The lowest BCUT2D eigenvalue weighted by molar-refractivity contribution is -0.117. The van der Waals surface area contributed by atoms with Crippen LogP contribution in [0.3, 0.4) is 0 Å². The Morgan fingerprint density at radius 3 is 2.56 bits per heavy atom. The molecule has 0 saturated carbocycles. The van der Waals surface area contributed by atoms with E-state index in [2.05, 4.69) is 29.0 Å². The summed E-state index contributed by atoms with van der Waals surface area (Å²) in [4.78, 5) is 15.1. The SMILES string of the molecule is C=C(NC)/C(=C\C(C(=O)NCC1CCCN1CC)=C(/C)OC)S(=O)(=O)CC. The van der Waals surface area contributed by atoms with Crippen molar-refractivity contribution in [2.75, 3.05) is 39.5 Å². The Labute approximate surface area is 163 Å². The van der Waals surface area contributed by atoms with Gasteiger partial charge in [-0.1, -0.05) is 20.4 Å². The van der Waals surface area contributed by atoms with Crippen molar-refractivity contribution in [3.8, 4) is 0 Å². The summed E-state index contributed by atoms with van der Waals surface area (Å²) in [6.07, 6.45) is 3.51.